The van der Waals surface area contributed by atoms with Crippen LogP contribution in [0.3, 0.4) is 0 Å². The van der Waals surface area contributed by atoms with Gasteiger partial charge in [-0.2, -0.15) is 0 Å². The van der Waals surface area contributed by atoms with Crippen molar-refractivity contribution in [2.24, 2.45) is 0 Å². The molecule has 0 aliphatic rings. The topological polar surface area (TPSA) is 12.0 Å². The normalized spacial score (nSPS) is 10.6. The van der Waals surface area contributed by atoms with Gasteiger partial charge in [0, 0.05) is 6.54 Å². The molecule has 1 nitrogen and oxygen atoms in total. The first-order chi connectivity index (χ1) is 3.31. The third-order valence-corrected chi connectivity index (χ3v) is 1.76. The molecule has 2 atom stereocenters. The Morgan fingerprint density at radius 3 is 2.71 bits per heavy atom. The summed E-state index contributed by atoms with van der Waals surface area (Å²) >= 11 is 0. The van der Waals surface area contributed by atoms with Crippen LogP contribution in [0.15, 0.2) is 11.9 Å². The molecule has 0 amide bonds. The molecule has 0 heterocycles. The summed E-state index contributed by atoms with van der Waals surface area (Å²) in [6, 6.07) is 0. The van der Waals surface area contributed by atoms with E-state index in [9.17, 15) is 0 Å². The van der Waals surface area contributed by atoms with E-state index < -0.39 is 0 Å². The van der Waals surface area contributed by atoms with Gasteiger partial charge in [-0.3, -0.25) is 5.09 Å². The summed E-state index contributed by atoms with van der Waals surface area (Å²) in [5.41, 5.74) is 0. The van der Waals surface area contributed by atoms with Crippen LogP contribution in [0.1, 0.15) is 0 Å². The summed E-state index contributed by atoms with van der Waals surface area (Å²) < 4.78 is 0. The number of nitrogens with one attached hydrogen (secondary N) is 1. The van der Waals surface area contributed by atoms with E-state index in [0.29, 0.717) is 0 Å². The molecule has 0 bridgehead atoms. The van der Waals surface area contributed by atoms with Crippen molar-refractivity contribution in [1.29, 1.82) is 0 Å². The zero-order chi connectivity index (χ0) is 5.70. The van der Waals surface area contributed by atoms with E-state index in [1.807, 2.05) is 0 Å². The van der Waals surface area contributed by atoms with Gasteiger partial charge >= 0.3 is 0 Å². The minimum atomic E-state index is 0.868. The molecular weight excluding hydrogens is 124 g/mol. The van der Waals surface area contributed by atoms with Gasteiger partial charge < -0.3 is 0 Å². The molecule has 0 saturated heterocycles. The van der Waals surface area contributed by atoms with E-state index in [1.165, 1.54) is 5.31 Å². The molecule has 3 heteroatoms. The molecule has 0 aromatic rings. The average Bonchev–Trinajstić information content (AvgIpc) is 1.68. The first-order valence-electron chi connectivity index (χ1n) is 2.10. The van der Waals surface area contributed by atoms with Crippen LogP contribution >= 0.6 is 18.0 Å². The number of hydrogen-bond donors (Lipinski definition) is 1. The van der Waals surface area contributed by atoms with E-state index in [4.69, 9.17) is 0 Å². The fourth-order valence-electron chi connectivity index (χ4n) is 0.212. The molecule has 0 aliphatic carbocycles. The highest BCUT2D eigenvalue weighted by atomic mass is 31.1. The smallest absolute Gasteiger partial charge is 0.0233 e. The SMILES string of the molecule is C=C(CNP)PC. The number of hydrogen-bond acceptors (Lipinski definition) is 1. The molecular formula is C4H11NP2. The van der Waals surface area contributed by atoms with Gasteiger partial charge in [-0.15, -0.1) is 0 Å². The predicted molar refractivity (Wildman–Crippen MR) is 41.1 cm³/mol. The van der Waals surface area contributed by atoms with Gasteiger partial charge in [-0.05, 0) is 12.0 Å². The van der Waals surface area contributed by atoms with Crippen LogP contribution in [0.5, 0.6) is 0 Å². The maximum absolute atomic E-state index is 3.80. The van der Waals surface area contributed by atoms with Crippen molar-refractivity contribution in [3.8, 4) is 0 Å². The van der Waals surface area contributed by atoms with Crippen LogP contribution in [0.4, 0.5) is 0 Å². The van der Waals surface area contributed by atoms with Crippen LogP contribution in [0.2, 0.25) is 0 Å². The Labute approximate surface area is 49.0 Å². The fraction of sp³-hybridized carbons (Fsp3) is 0.500. The zero-order valence-electron chi connectivity index (χ0n) is 4.49. The standard InChI is InChI=1S/C4H11NP2/c1-4(7-2)3-5-6/h5,7H,1,3,6H2,2H3. The second kappa shape index (κ2) is 4.71. The number of rotatable bonds is 3. The monoisotopic (exact) mass is 135 g/mol. The fourth-order valence-corrected chi connectivity index (χ4v) is 0.941. The molecule has 0 radical (unpaired) electrons. The first kappa shape index (κ1) is 7.56. The van der Waals surface area contributed by atoms with Crippen LogP contribution in [0.25, 0.3) is 0 Å². The molecule has 0 fully saturated rings. The van der Waals surface area contributed by atoms with Gasteiger partial charge in [-0.25, -0.2) is 0 Å². The van der Waals surface area contributed by atoms with E-state index in [1.54, 1.807) is 0 Å². The van der Waals surface area contributed by atoms with Crippen molar-refractivity contribution in [2.45, 2.75) is 0 Å². The lowest BCUT2D eigenvalue weighted by Gasteiger charge is -1.96. The average molecular weight is 135 g/mol. The Morgan fingerprint density at radius 1 is 2.00 bits per heavy atom. The molecule has 0 saturated carbocycles. The van der Waals surface area contributed by atoms with Crippen LogP contribution in [-0.4, -0.2) is 13.2 Å². The molecule has 2 unspecified atom stereocenters. The van der Waals surface area contributed by atoms with Crippen molar-refractivity contribution in [3.63, 3.8) is 0 Å². The Morgan fingerprint density at radius 2 is 2.57 bits per heavy atom. The summed E-state index contributed by atoms with van der Waals surface area (Å²) in [6.45, 7) is 6.86. The van der Waals surface area contributed by atoms with E-state index >= 15 is 0 Å². The summed E-state index contributed by atoms with van der Waals surface area (Å²) in [6.07, 6.45) is 0. The zero-order valence-corrected chi connectivity index (χ0v) is 6.65. The molecule has 42 valence electrons. The minimum absolute atomic E-state index is 0.868. The molecule has 0 rings (SSSR count). The molecule has 0 aromatic carbocycles. The summed E-state index contributed by atoms with van der Waals surface area (Å²) in [7, 11) is 3.31. The predicted octanol–water partition coefficient (Wildman–Crippen LogP) is 1.19. The van der Waals surface area contributed by atoms with Gasteiger partial charge in [0.1, 0.15) is 0 Å². The second-order valence-electron chi connectivity index (χ2n) is 1.23. The van der Waals surface area contributed by atoms with Crippen LogP contribution in [0, 0.1) is 0 Å². The molecule has 1 N–H and O–H groups in total. The third-order valence-electron chi connectivity index (χ3n) is 0.669. The highest BCUT2D eigenvalue weighted by Crippen LogP contribution is 2.14. The minimum Gasteiger partial charge on any atom is -0.296 e. The van der Waals surface area contributed by atoms with Crippen molar-refractivity contribution >= 4 is 18.0 Å². The van der Waals surface area contributed by atoms with Crippen molar-refractivity contribution in [2.75, 3.05) is 13.2 Å². The van der Waals surface area contributed by atoms with Crippen molar-refractivity contribution < 1.29 is 0 Å². The highest BCUT2D eigenvalue weighted by Gasteiger charge is 1.82. The molecule has 0 aliphatic heterocycles. The lowest BCUT2D eigenvalue weighted by atomic mass is 10.6. The largest absolute Gasteiger partial charge is 0.296 e. The highest BCUT2D eigenvalue weighted by molar-refractivity contribution is 7.42. The van der Waals surface area contributed by atoms with E-state index in [2.05, 4.69) is 27.7 Å². The summed E-state index contributed by atoms with van der Waals surface area (Å²) in [5, 5.41) is 4.22. The van der Waals surface area contributed by atoms with Gasteiger partial charge in [-0.1, -0.05) is 24.6 Å². The van der Waals surface area contributed by atoms with Gasteiger partial charge in [0.15, 0.2) is 0 Å². The first-order valence-corrected chi connectivity index (χ1v) is 4.18. The van der Waals surface area contributed by atoms with Crippen LogP contribution < -0.4 is 5.09 Å². The Hall–Kier alpha value is 0.560. The lowest BCUT2D eigenvalue weighted by Crippen LogP contribution is -1.98. The van der Waals surface area contributed by atoms with Gasteiger partial charge in [0.2, 0.25) is 0 Å². The maximum Gasteiger partial charge on any atom is 0.0233 e. The lowest BCUT2D eigenvalue weighted by molar-refractivity contribution is 1.12. The van der Waals surface area contributed by atoms with E-state index in [0.717, 1.165) is 15.1 Å². The molecule has 7 heavy (non-hydrogen) atoms. The molecule has 0 aromatic heterocycles. The summed E-state index contributed by atoms with van der Waals surface area (Å²) in [5.74, 6) is 0. The Kier molecular flexibility index (Phi) is 5.09. The quantitative estimate of drug-likeness (QED) is 0.573. The Bertz CT molecular complexity index is 62.7. The summed E-state index contributed by atoms with van der Waals surface area (Å²) in [4.78, 5) is 0. The molecule has 0 spiro atoms. The van der Waals surface area contributed by atoms with Crippen molar-refractivity contribution in [1.82, 2.24) is 5.09 Å². The third kappa shape index (κ3) is 4.41. The maximum atomic E-state index is 3.80. The van der Waals surface area contributed by atoms with Gasteiger partial charge in [0.05, 0.1) is 0 Å². The van der Waals surface area contributed by atoms with E-state index in [-0.39, 0.29) is 0 Å². The van der Waals surface area contributed by atoms with Crippen molar-refractivity contribution in [3.05, 3.63) is 11.9 Å². The van der Waals surface area contributed by atoms with Crippen LogP contribution in [-0.2, 0) is 0 Å². The second-order valence-corrected chi connectivity index (χ2v) is 2.85. The Balaban J connectivity index is 3.00. The van der Waals surface area contributed by atoms with Gasteiger partial charge in [0.25, 0.3) is 0 Å².